The minimum Gasteiger partial charge on any atom is -0.494 e. The Balaban J connectivity index is 2.19. The third-order valence-electron chi connectivity index (χ3n) is 4.60. The molecule has 0 aromatic heterocycles. The van der Waals surface area contributed by atoms with E-state index in [1.54, 1.807) is 36.1 Å². The van der Waals surface area contributed by atoms with Crippen molar-refractivity contribution < 1.29 is 17.9 Å². The quantitative estimate of drug-likeness (QED) is 0.712. The molecule has 0 bridgehead atoms. The number of sulfonamides is 1. The van der Waals surface area contributed by atoms with E-state index >= 15 is 0 Å². The third kappa shape index (κ3) is 4.88. The number of amides is 1. The van der Waals surface area contributed by atoms with Gasteiger partial charge in [-0.25, -0.2) is 8.42 Å². The molecule has 1 amide bonds. The van der Waals surface area contributed by atoms with Gasteiger partial charge in [-0.05, 0) is 44.7 Å². The predicted molar refractivity (Wildman–Crippen MR) is 103 cm³/mol. The maximum Gasteiger partial charge on any atom is 0.246 e. The van der Waals surface area contributed by atoms with Crippen LogP contribution in [0.1, 0.15) is 20.8 Å². The average molecular weight is 384 g/mol. The molecule has 1 aliphatic rings. The number of carbonyl (C=O) groups excluding carboxylic acids is 1. The number of anilines is 1. The Hall–Kier alpha value is -1.80. The molecule has 1 saturated heterocycles. The molecule has 26 heavy (non-hydrogen) atoms. The molecule has 1 aromatic carbocycles. The van der Waals surface area contributed by atoms with Crippen molar-refractivity contribution in [3.05, 3.63) is 24.3 Å². The fraction of sp³-hybridized carbons (Fsp3) is 0.611. The van der Waals surface area contributed by atoms with Crippen LogP contribution in [0.2, 0.25) is 0 Å². The van der Waals surface area contributed by atoms with E-state index in [2.05, 4.69) is 11.8 Å². The maximum absolute atomic E-state index is 12.9. The molecule has 0 N–H and O–H groups in total. The van der Waals surface area contributed by atoms with E-state index in [4.69, 9.17) is 4.74 Å². The topological polar surface area (TPSA) is 70.2 Å². The number of ether oxygens (including phenoxy) is 1. The van der Waals surface area contributed by atoms with Gasteiger partial charge in [-0.1, -0.05) is 6.92 Å². The Morgan fingerprint density at radius 1 is 1.15 bits per heavy atom. The van der Waals surface area contributed by atoms with Crippen LogP contribution in [0, 0.1) is 0 Å². The summed E-state index contributed by atoms with van der Waals surface area (Å²) in [5.74, 6) is 0.499. The predicted octanol–water partition coefficient (Wildman–Crippen LogP) is 1.40. The smallest absolute Gasteiger partial charge is 0.246 e. The SMILES string of the molecule is CCOc1ccc(N(C(C)C(=O)N2CCN(CC)CC2)S(C)(=O)=O)cc1. The van der Waals surface area contributed by atoms with E-state index in [1.165, 1.54) is 4.31 Å². The highest BCUT2D eigenvalue weighted by molar-refractivity contribution is 7.92. The summed E-state index contributed by atoms with van der Waals surface area (Å²) in [4.78, 5) is 16.9. The summed E-state index contributed by atoms with van der Waals surface area (Å²) in [6, 6.07) is 5.98. The number of benzene rings is 1. The van der Waals surface area contributed by atoms with E-state index in [0.717, 1.165) is 25.9 Å². The standard InChI is InChI=1S/C18H29N3O4S/c1-5-19-11-13-20(14-12-19)18(22)15(3)21(26(4,23)24)16-7-9-17(10-8-16)25-6-2/h7-10,15H,5-6,11-14H2,1-4H3. The van der Waals surface area contributed by atoms with Crippen molar-refractivity contribution in [3.63, 3.8) is 0 Å². The Labute approximate surface area is 156 Å². The molecule has 1 aliphatic heterocycles. The second-order valence-corrected chi connectivity index (χ2v) is 8.28. The van der Waals surface area contributed by atoms with Crippen molar-refractivity contribution in [1.29, 1.82) is 0 Å². The van der Waals surface area contributed by atoms with Gasteiger partial charge in [0.2, 0.25) is 15.9 Å². The highest BCUT2D eigenvalue weighted by Gasteiger charge is 2.33. The van der Waals surface area contributed by atoms with Crippen LogP contribution >= 0.6 is 0 Å². The first-order valence-electron chi connectivity index (χ1n) is 9.01. The molecule has 7 nitrogen and oxygen atoms in total. The van der Waals surface area contributed by atoms with E-state index in [-0.39, 0.29) is 5.91 Å². The van der Waals surface area contributed by atoms with Gasteiger partial charge in [-0.2, -0.15) is 0 Å². The molecule has 2 rings (SSSR count). The summed E-state index contributed by atoms with van der Waals surface area (Å²) >= 11 is 0. The Bertz CT molecular complexity index is 698. The van der Waals surface area contributed by atoms with Gasteiger partial charge in [0, 0.05) is 26.2 Å². The van der Waals surface area contributed by atoms with Gasteiger partial charge in [0.1, 0.15) is 11.8 Å². The molecule has 1 heterocycles. The van der Waals surface area contributed by atoms with Crippen LogP contribution in [0.25, 0.3) is 0 Å². The summed E-state index contributed by atoms with van der Waals surface area (Å²) in [6.07, 6.45) is 1.13. The van der Waals surface area contributed by atoms with Gasteiger partial charge in [0.15, 0.2) is 0 Å². The van der Waals surface area contributed by atoms with Crippen molar-refractivity contribution >= 4 is 21.6 Å². The third-order valence-corrected chi connectivity index (χ3v) is 5.84. The lowest BCUT2D eigenvalue weighted by molar-refractivity contribution is -0.133. The van der Waals surface area contributed by atoms with E-state index in [9.17, 15) is 13.2 Å². The summed E-state index contributed by atoms with van der Waals surface area (Å²) in [5, 5.41) is 0. The molecule has 1 fully saturated rings. The minimum atomic E-state index is -3.61. The van der Waals surface area contributed by atoms with Gasteiger partial charge in [0.25, 0.3) is 0 Å². The molecule has 1 aromatic rings. The summed E-state index contributed by atoms with van der Waals surface area (Å²) in [6.45, 7) is 10.00. The fourth-order valence-corrected chi connectivity index (χ4v) is 4.38. The van der Waals surface area contributed by atoms with E-state index in [0.29, 0.717) is 31.1 Å². The van der Waals surface area contributed by atoms with Crippen LogP contribution in [0.4, 0.5) is 5.69 Å². The summed E-state index contributed by atoms with van der Waals surface area (Å²) < 4.78 is 31.4. The monoisotopic (exact) mass is 383 g/mol. The lowest BCUT2D eigenvalue weighted by atomic mass is 10.2. The first kappa shape index (κ1) is 20.5. The first-order chi connectivity index (χ1) is 12.3. The maximum atomic E-state index is 12.9. The Morgan fingerprint density at radius 2 is 1.73 bits per heavy atom. The zero-order chi connectivity index (χ0) is 19.3. The van der Waals surface area contributed by atoms with Crippen molar-refractivity contribution in [2.24, 2.45) is 0 Å². The first-order valence-corrected chi connectivity index (χ1v) is 10.9. The molecule has 0 radical (unpaired) electrons. The molecular weight excluding hydrogens is 354 g/mol. The minimum absolute atomic E-state index is 0.167. The number of piperazine rings is 1. The lowest BCUT2D eigenvalue weighted by Gasteiger charge is -2.37. The van der Waals surface area contributed by atoms with Crippen molar-refractivity contribution in [1.82, 2.24) is 9.80 Å². The number of hydrogen-bond donors (Lipinski definition) is 0. The molecule has 1 unspecified atom stereocenters. The van der Waals surface area contributed by atoms with Crippen molar-refractivity contribution in [3.8, 4) is 5.75 Å². The van der Waals surface area contributed by atoms with Crippen LogP contribution in [0.3, 0.4) is 0 Å². The second-order valence-electron chi connectivity index (χ2n) is 6.42. The zero-order valence-corrected chi connectivity index (χ0v) is 16.8. The molecule has 146 valence electrons. The van der Waals surface area contributed by atoms with Crippen molar-refractivity contribution in [2.75, 3.05) is 49.9 Å². The number of nitrogens with zero attached hydrogens (tertiary/aromatic N) is 3. The number of hydrogen-bond acceptors (Lipinski definition) is 5. The summed E-state index contributed by atoms with van der Waals surface area (Å²) in [7, 11) is -3.61. The molecule has 1 atom stereocenters. The molecule has 0 spiro atoms. The highest BCUT2D eigenvalue weighted by Crippen LogP contribution is 2.25. The number of rotatable bonds is 7. The Kier molecular flexibility index (Phi) is 6.88. The van der Waals surface area contributed by atoms with Gasteiger partial charge in [-0.3, -0.25) is 9.10 Å². The van der Waals surface area contributed by atoms with Crippen LogP contribution in [-0.4, -0.2) is 75.8 Å². The van der Waals surface area contributed by atoms with E-state index in [1.807, 2.05) is 6.92 Å². The van der Waals surface area contributed by atoms with Crippen LogP contribution in [-0.2, 0) is 14.8 Å². The van der Waals surface area contributed by atoms with Gasteiger partial charge >= 0.3 is 0 Å². The zero-order valence-electron chi connectivity index (χ0n) is 16.0. The largest absolute Gasteiger partial charge is 0.494 e. The average Bonchev–Trinajstić information content (AvgIpc) is 2.62. The van der Waals surface area contributed by atoms with Gasteiger partial charge < -0.3 is 14.5 Å². The second kappa shape index (κ2) is 8.73. The van der Waals surface area contributed by atoms with Crippen LogP contribution < -0.4 is 9.04 Å². The lowest BCUT2D eigenvalue weighted by Crippen LogP contribution is -2.55. The molecular formula is C18H29N3O4S. The van der Waals surface area contributed by atoms with Gasteiger partial charge in [-0.15, -0.1) is 0 Å². The molecule has 0 aliphatic carbocycles. The molecule has 8 heteroatoms. The number of likely N-dealkylation sites (N-methyl/N-ethyl adjacent to an activating group) is 1. The number of carbonyl (C=O) groups is 1. The Morgan fingerprint density at radius 3 is 2.19 bits per heavy atom. The van der Waals surface area contributed by atoms with Crippen LogP contribution in [0.15, 0.2) is 24.3 Å². The summed E-state index contributed by atoms with van der Waals surface area (Å²) in [5.41, 5.74) is 0.462. The van der Waals surface area contributed by atoms with Gasteiger partial charge in [0.05, 0.1) is 18.6 Å². The normalized spacial score (nSPS) is 17.0. The van der Waals surface area contributed by atoms with E-state index < -0.39 is 16.1 Å². The van der Waals surface area contributed by atoms with Crippen molar-refractivity contribution in [2.45, 2.75) is 26.8 Å². The highest BCUT2D eigenvalue weighted by atomic mass is 32.2. The fourth-order valence-electron chi connectivity index (χ4n) is 3.21. The molecule has 0 saturated carbocycles. The van der Waals surface area contributed by atoms with Crippen LogP contribution in [0.5, 0.6) is 5.75 Å².